The second kappa shape index (κ2) is 7.88. The van der Waals surface area contributed by atoms with Crippen molar-refractivity contribution >= 4 is 6.03 Å². The topological polar surface area (TPSA) is 61.8 Å². The Balaban J connectivity index is 1.60. The van der Waals surface area contributed by atoms with Gasteiger partial charge in [0, 0.05) is 25.7 Å². The lowest BCUT2D eigenvalue weighted by Crippen LogP contribution is -2.50. The third kappa shape index (κ3) is 4.41. The molecule has 1 aromatic rings. The summed E-state index contributed by atoms with van der Waals surface area (Å²) in [6.45, 7) is 1.62. The van der Waals surface area contributed by atoms with Crippen molar-refractivity contribution in [1.29, 1.82) is 0 Å². The summed E-state index contributed by atoms with van der Waals surface area (Å²) in [7, 11) is 1.67. The predicted octanol–water partition coefficient (Wildman–Crippen LogP) is 2.43. The van der Waals surface area contributed by atoms with E-state index in [4.69, 9.17) is 4.74 Å². The van der Waals surface area contributed by atoms with Gasteiger partial charge in [-0.05, 0) is 61.6 Å². The number of aliphatic hydroxyl groups is 1. The highest BCUT2D eigenvalue weighted by Gasteiger charge is 2.34. The van der Waals surface area contributed by atoms with Gasteiger partial charge >= 0.3 is 6.03 Å². The van der Waals surface area contributed by atoms with Crippen LogP contribution in [0.1, 0.15) is 31.2 Å². The number of amides is 2. The first-order valence-corrected chi connectivity index (χ1v) is 8.99. The van der Waals surface area contributed by atoms with E-state index in [0.29, 0.717) is 12.5 Å². The molecule has 2 aliphatic rings. The number of nitrogens with one attached hydrogen (secondary N) is 1. The fourth-order valence-electron chi connectivity index (χ4n) is 3.54. The summed E-state index contributed by atoms with van der Waals surface area (Å²) in [6.07, 6.45) is 5.20. The molecule has 2 fully saturated rings. The van der Waals surface area contributed by atoms with E-state index in [9.17, 15) is 9.90 Å². The van der Waals surface area contributed by atoms with Crippen LogP contribution in [0.4, 0.5) is 4.79 Å². The number of nitrogens with zero attached hydrogens (tertiary/aromatic N) is 1. The molecule has 0 unspecified atom stereocenters. The van der Waals surface area contributed by atoms with Gasteiger partial charge in [-0.3, -0.25) is 0 Å². The summed E-state index contributed by atoms with van der Waals surface area (Å²) in [5, 5.41) is 12.6. The molecule has 2 atom stereocenters. The molecule has 1 aliphatic heterocycles. The summed E-state index contributed by atoms with van der Waals surface area (Å²) in [5.41, 5.74) is 1.19. The highest BCUT2D eigenvalue weighted by atomic mass is 16.5. The van der Waals surface area contributed by atoms with Gasteiger partial charge in [0.05, 0.1) is 7.11 Å². The number of benzene rings is 1. The lowest BCUT2D eigenvalue weighted by atomic mass is 9.99. The van der Waals surface area contributed by atoms with E-state index in [1.165, 1.54) is 18.4 Å². The quantitative estimate of drug-likeness (QED) is 0.841. The average Bonchev–Trinajstić information content (AvgIpc) is 3.46. The van der Waals surface area contributed by atoms with E-state index in [1.54, 1.807) is 7.11 Å². The van der Waals surface area contributed by atoms with Gasteiger partial charge in [-0.1, -0.05) is 12.1 Å². The van der Waals surface area contributed by atoms with Crippen molar-refractivity contribution in [3.8, 4) is 5.75 Å². The lowest BCUT2D eigenvalue weighted by molar-refractivity contribution is 0.127. The number of hydrogen-bond acceptors (Lipinski definition) is 3. The maximum absolute atomic E-state index is 12.6. The third-order valence-electron chi connectivity index (χ3n) is 5.15. The average molecular weight is 332 g/mol. The first kappa shape index (κ1) is 17.1. The second-order valence-electron chi connectivity index (χ2n) is 7.09. The van der Waals surface area contributed by atoms with Crippen LogP contribution in [0.3, 0.4) is 0 Å². The molecule has 24 heavy (non-hydrogen) atoms. The van der Waals surface area contributed by atoms with Gasteiger partial charge in [0.2, 0.25) is 0 Å². The minimum absolute atomic E-state index is 0.0212. The Morgan fingerprint density at radius 1 is 1.42 bits per heavy atom. The van der Waals surface area contributed by atoms with Gasteiger partial charge in [-0.25, -0.2) is 4.79 Å². The van der Waals surface area contributed by atoms with Gasteiger partial charge < -0.3 is 20.1 Å². The standard InChI is InChI=1S/C19H28N2O3/c1-24-17-6-2-4-14(10-17)11-18(16-7-8-16)20-19(23)21-9-3-5-15(12-21)13-22/h2,4,6,10,15-16,18,22H,3,5,7-9,11-13H2,1H3,(H,20,23)/t15-,18+/m0/s1. The molecular formula is C19H28N2O3. The number of carbonyl (C=O) groups is 1. The maximum Gasteiger partial charge on any atom is 0.317 e. The molecule has 1 aliphatic carbocycles. The van der Waals surface area contributed by atoms with Crippen LogP contribution in [0.2, 0.25) is 0 Å². The van der Waals surface area contributed by atoms with Crippen LogP contribution in [0.5, 0.6) is 5.75 Å². The Kier molecular flexibility index (Phi) is 5.61. The zero-order valence-electron chi connectivity index (χ0n) is 14.4. The summed E-state index contributed by atoms with van der Waals surface area (Å²) >= 11 is 0. The first-order chi connectivity index (χ1) is 11.7. The Labute approximate surface area is 144 Å². The Hall–Kier alpha value is -1.75. The molecule has 0 bridgehead atoms. The van der Waals surface area contributed by atoms with E-state index < -0.39 is 0 Å². The highest BCUT2D eigenvalue weighted by Crippen LogP contribution is 2.34. The number of likely N-dealkylation sites (tertiary alicyclic amines) is 1. The van der Waals surface area contributed by atoms with Gasteiger partial charge in [-0.15, -0.1) is 0 Å². The van der Waals surface area contributed by atoms with Gasteiger partial charge in [0.15, 0.2) is 0 Å². The van der Waals surface area contributed by atoms with Crippen LogP contribution in [-0.2, 0) is 6.42 Å². The molecule has 5 nitrogen and oxygen atoms in total. The number of urea groups is 1. The first-order valence-electron chi connectivity index (χ1n) is 8.99. The van der Waals surface area contributed by atoms with Crippen molar-refractivity contribution < 1.29 is 14.6 Å². The van der Waals surface area contributed by atoms with E-state index in [1.807, 2.05) is 23.1 Å². The lowest BCUT2D eigenvalue weighted by Gasteiger charge is -2.33. The van der Waals surface area contributed by atoms with Crippen molar-refractivity contribution in [2.24, 2.45) is 11.8 Å². The number of aliphatic hydroxyl groups excluding tert-OH is 1. The smallest absolute Gasteiger partial charge is 0.317 e. The molecule has 5 heteroatoms. The molecule has 0 aromatic heterocycles. The minimum atomic E-state index is 0.0212. The molecule has 1 heterocycles. The maximum atomic E-state index is 12.6. The Bertz CT molecular complexity index is 559. The molecule has 2 N–H and O–H groups in total. The number of piperidine rings is 1. The van der Waals surface area contributed by atoms with E-state index >= 15 is 0 Å². The van der Waals surface area contributed by atoms with Crippen LogP contribution in [0.25, 0.3) is 0 Å². The summed E-state index contributed by atoms with van der Waals surface area (Å²) in [4.78, 5) is 14.5. The van der Waals surface area contributed by atoms with Gasteiger partial charge in [0.25, 0.3) is 0 Å². The minimum Gasteiger partial charge on any atom is -0.497 e. The van der Waals surface area contributed by atoms with Crippen molar-refractivity contribution in [3.05, 3.63) is 29.8 Å². The number of hydrogen-bond donors (Lipinski definition) is 2. The van der Waals surface area contributed by atoms with E-state index in [0.717, 1.165) is 31.6 Å². The highest BCUT2D eigenvalue weighted by molar-refractivity contribution is 5.74. The summed E-state index contributed by atoms with van der Waals surface area (Å²) < 4.78 is 5.29. The zero-order chi connectivity index (χ0) is 16.9. The van der Waals surface area contributed by atoms with Crippen molar-refractivity contribution in [3.63, 3.8) is 0 Å². The zero-order valence-corrected chi connectivity index (χ0v) is 14.4. The molecule has 1 aromatic carbocycles. The fraction of sp³-hybridized carbons (Fsp3) is 0.632. The van der Waals surface area contributed by atoms with Gasteiger partial charge in [0.1, 0.15) is 5.75 Å². The SMILES string of the molecule is COc1cccc(C[C@@H](NC(=O)N2CCC[C@H](CO)C2)C2CC2)c1. The molecule has 2 amide bonds. The number of rotatable bonds is 6. The molecule has 3 rings (SSSR count). The third-order valence-corrected chi connectivity index (χ3v) is 5.15. The largest absolute Gasteiger partial charge is 0.497 e. The number of carbonyl (C=O) groups excluding carboxylic acids is 1. The monoisotopic (exact) mass is 332 g/mol. The van der Waals surface area contributed by atoms with Crippen LogP contribution >= 0.6 is 0 Å². The Morgan fingerprint density at radius 2 is 2.25 bits per heavy atom. The van der Waals surface area contributed by atoms with E-state index in [2.05, 4.69) is 11.4 Å². The molecule has 0 radical (unpaired) electrons. The fourth-order valence-corrected chi connectivity index (χ4v) is 3.54. The molecule has 1 saturated heterocycles. The van der Waals surface area contributed by atoms with Gasteiger partial charge in [-0.2, -0.15) is 0 Å². The molecule has 0 spiro atoms. The number of ether oxygens (including phenoxy) is 1. The van der Waals surface area contributed by atoms with Crippen LogP contribution in [0.15, 0.2) is 24.3 Å². The summed E-state index contributed by atoms with van der Waals surface area (Å²) in [6, 6.07) is 8.27. The summed E-state index contributed by atoms with van der Waals surface area (Å²) in [5.74, 6) is 1.66. The van der Waals surface area contributed by atoms with Crippen molar-refractivity contribution in [2.75, 3.05) is 26.8 Å². The predicted molar refractivity (Wildman–Crippen MR) is 93.1 cm³/mol. The Morgan fingerprint density at radius 3 is 2.96 bits per heavy atom. The number of methoxy groups -OCH3 is 1. The molecule has 1 saturated carbocycles. The second-order valence-corrected chi connectivity index (χ2v) is 7.09. The van der Waals surface area contributed by atoms with Crippen LogP contribution < -0.4 is 10.1 Å². The van der Waals surface area contributed by atoms with Crippen LogP contribution in [-0.4, -0.2) is 48.9 Å². The normalized spacial score (nSPS) is 22.1. The molecule has 132 valence electrons. The van der Waals surface area contributed by atoms with Crippen molar-refractivity contribution in [2.45, 2.75) is 38.1 Å². The van der Waals surface area contributed by atoms with Crippen LogP contribution in [0, 0.1) is 11.8 Å². The molecular weight excluding hydrogens is 304 g/mol. The van der Waals surface area contributed by atoms with Crippen molar-refractivity contribution in [1.82, 2.24) is 10.2 Å². The van der Waals surface area contributed by atoms with E-state index in [-0.39, 0.29) is 24.6 Å².